The first-order valence-electron chi connectivity index (χ1n) is 6.80. The summed E-state index contributed by atoms with van der Waals surface area (Å²) in [5.74, 6) is 1.34. The van der Waals surface area contributed by atoms with E-state index in [1.165, 1.54) is 0 Å². The van der Waals surface area contributed by atoms with Gasteiger partial charge >= 0.3 is 6.09 Å². The minimum absolute atomic E-state index is 0.236. The van der Waals surface area contributed by atoms with Gasteiger partial charge in [-0.3, -0.25) is 0 Å². The molecule has 0 spiro atoms. The van der Waals surface area contributed by atoms with Gasteiger partial charge in [-0.2, -0.15) is 0 Å². The smallest absolute Gasteiger partial charge is 0.410 e. The van der Waals surface area contributed by atoms with E-state index in [0.717, 1.165) is 18.7 Å². The number of fused-ring (bicyclic) bond motifs is 1. The van der Waals surface area contributed by atoms with E-state index >= 15 is 0 Å². The maximum atomic E-state index is 11.9. The number of carbonyl (C=O) groups is 1. The lowest BCUT2D eigenvalue weighted by molar-refractivity contribution is 0.0906. The molecule has 2 unspecified atom stereocenters. The third-order valence-electron chi connectivity index (χ3n) is 4.28. The molecule has 1 N–H and O–H groups in total. The van der Waals surface area contributed by atoms with Crippen molar-refractivity contribution in [2.45, 2.75) is 19.6 Å². The first kappa shape index (κ1) is 12.5. The molecule has 102 valence electrons. The van der Waals surface area contributed by atoms with E-state index in [1.54, 1.807) is 4.90 Å². The first-order valence-corrected chi connectivity index (χ1v) is 6.80. The van der Waals surface area contributed by atoms with Gasteiger partial charge < -0.3 is 14.7 Å². The van der Waals surface area contributed by atoms with Crippen molar-refractivity contribution in [3.05, 3.63) is 35.9 Å². The van der Waals surface area contributed by atoms with Gasteiger partial charge in [0, 0.05) is 13.1 Å². The molecule has 1 amide bonds. The van der Waals surface area contributed by atoms with E-state index in [2.05, 4.69) is 0 Å². The molecule has 3 rings (SSSR count). The highest BCUT2D eigenvalue weighted by molar-refractivity contribution is 5.68. The van der Waals surface area contributed by atoms with E-state index < -0.39 is 0 Å². The lowest BCUT2D eigenvalue weighted by Gasteiger charge is -2.20. The molecular weight excluding hydrogens is 242 g/mol. The van der Waals surface area contributed by atoms with Gasteiger partial charge in [0.25, 0.3) is 0 Å². The van der Waals surface area contributed by atoms with E-state index in [9.17, 15) is 9.90 Å². The summed E-state index contributed by atoms with van der Waals surface area (Å²) in [4.78, 5) is 13.7. The fraction of sp³-hybridized carbons (Fsp3) is 0.533. The largest absolute Gasteiger partial charge is 0.445 e. The van der Waals surface area contributed by atoms with Crippen LogP contribution in [-0.2, 0) is 11.3 Å². The topological polar surface area (TPSA) is 49.8 Å². The number of hydrogen-bond donors (Lipinski definition) is 1. The number of benzene rings is 1. The molecule has 0 bridgehead atoms. The molecule has 1 aliphatic heterocycles. The molecule has 4 atom stereocenters. The molecular formula is C15H19NO3. The Kier molecular flexibility index (Phi) is 3.19. The van der Waals surface area contributed by atoms with Gasteiger partial charge in [0.05, 0.1) is 6.10 Å². The zero-order chi connectivity index (χ0) is 13.4. The van der Waals surface area contributed by atoms with Crippen molar-refractivity contribution in [1.29, 1.82) is 0 Å². The summed E-state index contributed by atoms with van der Waals surface area (Å²) in [7, 11) is 0. The first-order chi connectivity index (χ1) is 9.16. The van der Waals surface area contributed by atoms with Crippen molar-refractivity contribution in [3.8, 4) is 0 Å². The fourth-order valence-corrected chi connectivity index (χ4v) is 3.25. The summed E-state index contributed by atoms with van der Waals surface area (Å²) in [6, 6.07) is 9.69. The molecule has 1 aromatic carbocycles. The molecule has 19 heavy (non-hydrogen) atoms. The zero-order valence-electron chi connectivity index (χ0n) is 11.0. The Morgan fingerprint density at radius 2 is 2.00 bits per heavy atom. The Balaban J connectivity index is 1.46. The van der Waals surface area contributed by atoms with Gasteiger partial charge in [-0.05, 0) is 30.2 Å². The average molecular weight is 261 g/mol. The maximum Gasteiger partial charge on any atom is 0.410 e. The van der Waals surface area contributed by atoms with Crippen LogP contribution in [0, 0.1) is 17.8 Å². The Hall–Kier alpha value is -1.55. The molecule has 4 nitrogen and oxygen atoms in total. The monoisotopic (exact) mass is 261 g/mol. The molecule has 1 aromatic rings. The van der Waals surface area contributed by atoms with Crippen LogP contribution >= 0.6 is 0 Å². The highest BCUT2D eigenvalue weighted by atomic mass is 16.6. The summed E-state index contributed by atoms with van der Waals surface area (Å²) in [5, 5.41) is 9.54. The second-order valence-corrected chi connectivity index (χ2v) is 5.59. The van der Waals surface area contributed by atoms with Gasteiger partial charge in [0.2, 0.25) is 0 Å². The van der Waals surface area contributed by atoms with Crippen molar-refractivity contribution >= 4 is 6.09 Å². The van der Waals surface area contributed by atoms with Crippen molar-refractivity contribution in [2.24, 2.45) is 17.8 Å². The predicted octanol–water partition coefficient (Wildman–Crippen LogP) is 1.88. The van der Waals surface area contributed by atoms with Crippen LogP contribution < -0.4 is 0 Å². The lowest BCUT2D eigenvalue weighted by Crippen LogP contribution is -2.33. The third-order valence-corrected chi connectivity index (χ3v) is 4.28. The normalized spacial score (nSPS) is 29.8. The molecule has 1 saturated heterocycles. The Morgan fingerprint density at radius 3 is 2.58 bits per heavy atom. The highest BCUT2D eigenvalue weighted by Gasteiger charge is 2.58. The summed E-state index contributed by atoms with van der Waals surface area (Å²) >= 11 is 0. The van der Waals surface area contributed by atoms with E-state index in [-0.39, 0.29) is 12.2 Å². The summed E-state index contributed by atoms with van der Waals surface area (Å²) in [6.45, 7) is 3.62. The maximum absolute atomic E-state index is 11.9. The fourth-order valence-electron chi connectivity index (χ4n) is 3.25. The Morgan fingerprint density at radius 1 is 1.37 bits per heavy atom. The van der Waals surface area contributed by atoms with Crippen LogP contribution in [-0.4, -0.2) is 35.3 Å². The second-order valence-electron chi connectivity index (χ2n) is 5.59. The number of nitrogens with zero attached hydrogens (tertiary/aromatic N) is 1. The quantitative estimate of drug-likeness (QED) is 0.904. The van der Waals surface area contributed by atoms with Gasteiger partial charge in [0.15, 0.2) is 0 Å². The van der Waals surface area contributed by atoms with Crippen LogP contribution in [0.3, 0.4) is 0 Å². The zero-order valence-corrected chi connectivity index (χ0v) is 11.0. The Bertz CT molecular complexity index is 448. The van der Waals surface area contributed by atoms with Crippen molar-refractivity contribution in [3.63, 3.8) is 0 Å². The highest BCUT2D eigenvalue weighted by Crippen LogP contribution is 2.53. The van der Waals surface area contributed by atoms with E-state index in [0.29, 0.717) is 24.4 Å². The van der Waals surface area contributed by atoms with Crippen molar-refractivity contribution in [1.82, 2.24) is 4.90 Å². The van der Waals surface area contributed by atoms with Gasteiger partial charge in [-0.15, -0.1) is 0 Å². The second kappa shape index (κ2) is 4.85. The van der Waals surface area contributed by atoms with Crippen LogP contribution in [0.5, 0.6) is 0 Å². The van der Waals surface area contributed by atoms with E-state index in [1.807, 2.05) is 37.3 Å². The number of likely N-dealkylation sites (tertiary alicyclic amines) is 1. The van der Waals surface area contributed by atoms with E-state index in [4.69, 9.17) is 4.74 Å². The molecule has 1 heterocycles. The minimum atomic E-state index is -0.252. The van der Waals surface area contributed by atoms with Crippen LogP contribution in [0.1, 0.15) is 12.5 Å². The predicted molar refractivity (Wildman–Crippen MR) is 70.4 cm³/mol. The molecule has 1 aliphatic carbocycles. The minimum Gasteiger partial charge on any atom is -0.445 e. The molecule has 2 fully saturated rings. The lowest BCUT2D eigenvalue weighted by atomic mass is 10.2. The molecule has 0 aromatic heterocycles. The number of hydrogen-bond acceptors (Lipinski definition) is 3. The van der Waals surface area contributed by atoms with Crippen LogP contribution in [0.2, 0.25) is 0 Å². The number of amides is 1. The number of ether oxygens (including phenoxy) is 1. The van der Waals surface area contributed by atoms with Crippen molar-refractivity contribution < 1.29 is 14.6 Å². The SMILES string of the molecule is CC(O)C1[C@H]2CN(C(=O)OCc3ccccc3)C[C@@H]12. The number of carbonyl (C=O) groups excluding carboxylic acids is 1. The summed E-state index contributed by atoms with van der Waals surface area (Å²) in [5.41, 5.74) is 1.00. The van der Waals surface area contributed by atoms with Gasteiger partial charge in [0.1, 0.15) is 6.61 Å². The number of piperidine rings is 1. The van der Waals surface area contributed by atoms with Gasteiger partial charge in [-0.1, -0.05) is 30.3 Å². The van der Waals surface area contributed by atoms with Crippen LogP contribution in [0.15, 0.2) is 30.3 Å². The number of aliphatic hydroxyl groups is 1. The standard InChI is InChI=1S/C15H19NO3/c1-10(17)14-12-7-16(8-13(12)14)15(18)19-9-11-5-3-2-4-6-11/h2-6,10,12-14,17H,7-9H2,1H3/t10?,12-,13+,14?. The third kappa shape index (κ3) is 2.45. The molecule has 4 heteroatoms. The van der Waals surface area contributed by atoms with Crippen LogP contribution in [0.25, 0.3) is 0 Å². The molecule has 2 aliphatic rings. The van der Waals surface area contributed by atoms with Crippen molar-refractivity contribution in [2.75, 3.05) is 13.1 Å². The number of aliphatic hydroxyl groups excluding tert-OH is 1. The average Bonchev–Trinajstić information content (AvgIpc) is 2.93. The molecule has 0 radical (unpaired) electrons. The summed E-state index contributed by atoms with van der Waals surface area (Å²) < 4.78 is 5.30. The number of rotatable bonds is 3. The van der Waals surface area contributed by atoms with Gasteiger partial charge in [-0.25, -0.2) is 4.79 Å². The summed E-state index contributed by atoms with van der Waals surface area (Å²) in [6.07, 6.45) is -0.488. The Labute approximate surface area is 113 Å². The molecule has 1 saturated carbocycles. The van der Waals surface area contributed by atoms with Crippen LogP contribution in [0.4, 0.5) is 4.79 Å².